The van der Waals surface area contributed by atoms with E-state index in [1.54, 1.807) is 7.11 Å². The Balaban J connectivity index is 2.11. The highest BCUT2D eigenvalue weighted by atomic mass is 79.9. The fraction of sp³-hybridized carbons (Fsp3) is 0.625. The van der Waals surface area contributed by atoms with Gasteiger partial charge in [0.15, 0.2) is 11.5 Å². The van der Waals surface area contributed by atoms with Gasteiger partial charge in [0, 0.05) is 6.54 Å². The molecule has 1 aromatic carbocycles. The van der Waals surface area contributed by atoms with Gasteiger partial charge in [0.2, 0.25) is 0 Å². The number of benzene rings is 1. The van der Waals surface area contributed by atoms with Gasteiger partial charge in [0.1, 0.15) is 6.61 Å². The van der Waals surface area contributed by atoms with Crippen LogP contribution in [0.3, 0.4) is 0 Å². The second-order valence-electron chi connectivity index (χ2n) is 5.71. The summed E-state index contributed by atoms with van der Waals surface area (Å²) >= 11 is 3.54. The van der Waals surface area contributed by atoms with E-state index in [0.717, 1.165) is 42.3 Å². The summed E-state index contributed by atoms with van der Waals surface area (Å²) in [6, 6.07) is 3.97. The first-order valence-electron chi connectivity index (χ1n) is 7.44. The number of methoxy groups -OCH3 is 1. The molecule has 21 heavy (non-hydrogen) atoms. The van der Waals surface area contributed by atoms with E-state index in [0.29, 0.717) is 18.1 Å². The first kappa shape index (κ1) is 16.6. The minimum absolute atomic E-state index is 0.313. The highest BCUT2D eigenvalue weighted by molar-refractivity contribution is 9.10. The Morgan fingerprint density at radius 3 is 2.62 bits per heavy atom. The lowest BCUT2D eigenvalue weighted by molar-refractivity contribution is -0.0345. The maximum absolute atomic E-state index is 10.5. The summed E-state index contributed by atoms with van der Waals surface area (Å²) in [5, 5.41) is 13.6. The molecule has 1 aliphatic carbocycles. The predicted molar refractivity (Wildman–Crippen MR) is 87.0 cm³/mol. The molecule has 0 spiro atoms. The first-order chi connectivity index (χ1) is 10.1. The van der Waals surface area contributed by atoms with Crippen molar-refractivity contribution in [1.82, 2.24) is 5.32 Å². The second kappa shape index (κ2) is 7.47. The van der Waals surface area contributed by atoms with Gasteiger partial charge in [0.25, 0.3) is 0 Å². The Bertz CT molecular complexity index is 473. The van der Waals surface area contributed by atoms with Crippen LogP contribution in [-0.4, -0.2) is 31.5 Å². The van der Waals surface area contributed by atoms with E-state index >= 15 is 0 Å². The largest absolute Gasteiger partial charge is 0.493 e. The predicted octanol–water partition coefficient (Wildman–Crippen LogP) is 3.25. The Morgan fingerprint density at radius 1 is 1.29 bits per heavy atom. The molecule has 2 rings (SSSR count). The molecule has 1 aromatic rings. The van der Waals surface area contributed by atoms with Crippen LogP contribution in [0.1, 0.15) is 37.7 Å². The van der Waals surface area contributed by atoms with Crippen molar-refractivity contribution in [1.29, 1.82) is 0 Å². The average Bonchev–Trinajstić information content (AvgIpc) is 2.46. The van der Waals surface area contributed by atoms with Gasteiger partial charge in [-0.25, -0.2) is 0 Å². The number of hydrogen-bond acceptors (Lipinski definition) is 4. The SMILES string of the molecule is CNCc1cc(Br)c(OCC2(O)CCCCC2)c(OC)c1. The van der Waals surface area contributed by atoms with E-state index in [-0.39, 0.29) is 0 Å². The van der Waals surface area contributed by atoms with E-state index < -0.39 is 5.60 Å². The van der Waals surface area contributed by atoms with Crippen LogP contribution in [0, 0.1) is 0 Å². The molecule has 1 aliphatic rings. The van der Waals surface area contributed by atoms with Gasteiger partial charge >= 0.3 is 0 Å². The van der Waals surface area contributed by atoms with Crippen LogP contribution in [0.2, 0.25) is 0 Å². The van der Waals surface area contributed by atoms with E-state index in [2.05, 4.69) is 21.2 Å². The molecule has 0 unspecified atom stereocenters. The van der Waals surface area contributed by atoms with Crippen molar-refractivity contribution < 1.29 is 14.6 Å². The van der Waals surface area contributed by atoms with Gasteiger partial charge in [-0.05, 0) is 53.5 Å². The van der Waals surface area contributed by atoms with Crippen LogP contribution in [0.4, 0.5) is 0 Å². The number of rotatable bonds is 6. The first-order valence-corrected chi connectivity index (χ1v) is 8.23. The Hall–Kier alpha value is -0.780. The lowest BCUT2D eigenvalue weighted by Crippen LogP contribution is -2.38. The average molecular weight is 358 g/mol. The standard InChI is InChI=1S/C16H24BrNO3/c1-18-10-12-8-13(17)15(14(9-12)20-2)21-11-16(19)6-4-3-5-7-16/h8-9,18-19H,3-7,10-11H2,1-2H3. The third-order valence-corrected chi connectivity index (χ3v) is 4.53. The quantitative estimate of drug-likeness (QED) is 0.820. The van der Waals surface area contributed by atoms with Crippen LogP contribution in [0.15, 0.2) is 16.6 Å². The molecule has 0 aliphatic heterocycles. The molecule has 0 saturated heterocycles. The third-order valence-electron chi connectivity index (χ3n) is 3.94. The molecule has 0 radical (unpaired) electrons. The monoisotopic (exact) mass is 357 g/mol. The summed E-state index contributed by atoms with van der Waals surface area (Å²) in [5.41, 5.74) is 0.414. The molecule has 0 bridgehead atoms. The fourth-order valence-electron chi connectivity index (χ4n) is 2.78. The number of hydrogen-bond donors (Lipinski definition) is 2. The summed E-state index contributed by atoms with van der Waals surface area (Å²) < 4.78 is 12.2. The molecular weight excluding hydrogens is 334 g/mol. The molecule has 0 aromatic heterocycles. The number of ether oxygens (including phenoxy) is 2. The molecule has 0 amide bonds. The van der Waals surface area contributed by atoms with Crippen molar-refractivity contribution in [3.63, 3.8) is 0 Å². The van der Waals surface area contributed by atoms with Crippen LogP contribution < -0.4 is 14.8 Å². The molecule has 2 N–H and O–H groups in total. The number of aliphatic hydroxyl groups is 1. The Morgan fingerprint density at radius 2 is 2.00 bits per heavy atom. The summed E-state index contributed by atoms with van der Waals surface area (Å²) in [6.07, 6.45) is 4.96. The Kier molecular flexibility index (Phi) is 5.90. The third kappa shape index (κ3) is 4.34. The summed E-state index contributed by atoms with van der Waals surface area (Å²) in [6.45, 7) is 1.08. The molecule has 4 nitrogen and oxygen atoms in total. The van der Waals surface area contributed by atoms with Gasteiger partial charge in [-0.3, -0.25) is 0 Å². The zero-order chi connectivity index (χ0) is 15.3. The van der Waals surface area contributed by atoms with Crippen LogP contribution in [-0.2, 0) is 6.54 Å². The topological polar surface area (TPSA) is 50.7 Å². The lowest BCUT2D eigenvalue weighted by atomic mass is 9.85. The molecule has 0 atom stereocenters. The van der Waals surface area contributed by atoms with Crippen LogP contribution >= 0.6 is 15.9 Å². The maximum Gasteiger partial charge on any atom is 0.175 e. The lowest BCUT2D eigenvalue weighted by Gasteiger charge is -2.32. The van der Waals surface area contributed by atoms with Gasteiger partial charge in [0.05, 0.1) is 17.2 Å². The molecule has 5 heteroatoms. The molecule has 118 valence electrons. The highest BCUT2D eigenvalue weighted by Gasteiger charge is 2.30. The van der Waals surface area contributed by atoms with Crippen molar-refractivity contribution in [2.24, 2.45) is 0 Å². The highest BCUT2D eigenvalue weighted by Crippen LogP contribution is 2.38. The summed E-state index contributed by atoms with van der Waals surface area (Å²) in [5.74, 6) is 1.35. The van der Waals surface area contributed by atoms with Gasteiger partial charge < -0.3 is 19.9 Å². The van der Waals surface area contributed by atoms with Crippen molar-refractivity contribution in [2.75, 3.05) is 20.8 Å². The zero-order valence-corrected chi connectivity index (χ0v) is 14.3. The minimum atomic E-state index is -0.702. The van der Waals surface area contributed by atoms with Crippen molar-refractivity contribution in [2.45, 2.75) is 44.2 Å². The summed E-state index contributed by atoms with van der Waals surface area (Å²) in [7, 11) is 3.54. The van der Waals surface area contributed by atoms with Gasteiger partial charge in [-0.1, -0.05) is 19.3 Å². The fourth-order valence-corrected chi connectivity index (χ4v) is 3.38. The van der Waals surface area contributed by atoms with Crippen molar-refractivity contribution in [3.8, 4) is 11.5 Å². The van der Waals surface area contributed by atoms with E-state index in [1.165, 1.54) is 6.42 Å². The normalized spacial score (nSPS) is 17.5. The van der Waals surface area contributed by atoms with Crippen LogP contribution in [0.25, 0.3) is 0 Å². The maximum atomic E-state index is 10.5. The number of halogens is 1. The zero-order valence-electron chi connectivity index (χ0n) is 12.7. The smallest absolute Gasteiger partial charge is 0.175 e. The van der Waals surface area contributed by atoms with Gasteiger partial charge in [-0.15, -0.1) is 0 Å². The Labute approximate surface area is 135 Å². The van der Waals surface area contributed by atoms with Crippen LogP contribution in [0.5, 0.6) is 11.5 Å². The molecular formula is C16H24BrNO3. The van der Waals surface area contributed by atoms with E-state index in [4.69, 9.17) is 9.47 Å². The second-order valence-corrected chi connectivity index (χ2v) is 6.57. The molecule has 0 heterocycles. The van der Waals surface area contributed by atoms with Crippen molar-refractivity contribution >= 4 is 15.9 Å². The van der Waals surface area contributed by atoms with E-state index in [1.807, 2.05) is 19.2 Å². The van der Waals surface area contributed by atoms with Gasteiger partial charge in [-0.2, -0.15) is 0 Å². The molecule has 1 saturated carbocycles. The van der Waals surface area contributed by atoms with Crippen molar-refractivity contribution in [3.05, 3.63) is 22.2 Å². The minimum Gasteiger partial charge on any atom is -0.493 e. The molecule has 1 fully saturated rings. The van der Waals surface area contributed by atoms with E-state index in [9.17, 15) is 5.11 Å². The number of nitrogens with one attached hydrogen (secondary N) is 1. The summed E-state index contributed by atoms with van der Waals surface area (Å²) in [4.78, 5) is 0.